The highest BCUT2D eigenvalue weighted by Crippen LogP contribution is 2.27. The van der Waals surface area contributed by atoms with E-state index in [-0.39, 0.29) is 22.0 Å². The molecule has 0 radical (unpaired) electrons. The highest BCUT2D eigenvalue weighted by Gasteiger charge is 2.24. The number of nitrogens with one attached hydrogen (secondary N) is 1. The average molecular weight is 533 g/mol. The first kappa shape index (κ1) is 24.4. The number of imidazole rings is 1. The van der Waals surface area contributed by atoms with E-state index >= 15 is 0 Å². The molecule has 1 atom stereocenters. The third kappa shape index (κ3) is 5.00. The van der Waals surface area contributed by atoms with Gasteiger partial charge in [-0.3, -0.25) is 19.3 Å². The van der Waals surface area contributed by atoms with Crippen molar-refractivity contribution in [3.05, 3.63) is 101 Å². The maximum absolute atomic E-state index is 12.7. The van der Waals surface area contributed by atoms with E-state index in [1.54, 1.807) is 30.7 Å². The monoisotopic (exact) mass is 532 g/mol. The van der Waals surface area contributed by atoms with Gasteiger partial charge in [0.1, 0.15) is 17.4 Å². The number of fused-ring (bicyclic) bond motifs is 1. The smallest absolute Gasteiger partial charge is 0.326 e. The second-order valence-corrected chi connectivity index (χ2v) is 8.89. The van der Waals surface area contributed by atoms with Gasteiger partial charge in [0.15, 0.2) is 5.65 Å². The second kappa shape index (κ2) is 10.3. The van der Waals surface area contributed by atoms with Crippen molar-refractivity contribution in [3.63, 3.8) is 0 Å². The van der Waals surface area contributed by atoms with Crippen LogP contribution in [-0.2, 0) is 11.2 Å². The lowest BCUT2D eigenvalue weighted by molar-refractivity contribution is -0.139. The molecule has 11 heteroatoms. The van der Waals surface area contributed by atoms with Crippen LogP contribution >= 0.6 is 23.2 Å². The maximum Gasteiger partial charge on any atom is 0.326 e. The van der Waals surface area contributed by atoms with Crippen LogP contribution in [0.1, 0.15) is 15.9 Å². The fraction of sp³-hybridized carbons (Fsp3) is 0.0769. The molecule has 0 saturated carbocycles. The van der Waals surface area contributed by atoms with E-state index in [9.17, 15) is 14.7 Å². The molecule has 0 fully saturated rings. The Hall–Kier alpha value is -4.34. The quantitative estimate of drug-likeness (QED) is 0.313. The molecular weight excluding hydrogens is 515 g/mol. The molecule has 4 aromatic heterocycles. The summed E-state index contributed by atoms with van der Waals surface area (Å²) in [7, 11) is 0. The van der Waals surface area contributed by atoms with E-state index in [1.165, 1.54) is 12.4 Å². The number of pyridine rings is 3. The summed E-state index contributed by atoms with van der Waals surface area (Å²) in [6.45, 7) is 0. The minimum Gasteiger partial charge on any atom is -0.480 e. The predicted molar refractivity (Wildman–Crippen MR) is 139 cm³/mol. The number of carbonyl (C=O) groups is 2. The number of halogens is 2. The van der Waals surface area contributed by atoms with Crippen LogP contribution in [-0.4, -0.2) is 47.5 Å². The third-order valence-corrected chi connectivity index (χ3v) is 6.23. The molecule has 0 spiro atoms. The van der Waals surface area contributed by atoms with Gasteiger partial charge in [-0.05, 0) is 42.0 Å². The summed E-state index contributed by atoms with van der Waals surface area (Å²) in [6.07, 6.45) is 7.70. The van der Waals surface area contributed by atoms with Crippen LogP contribution in [0.5, 0.6) is 0 Å². The summed E-state index contributed by atoms with van der Waals surface area (Å²) in [6, 6.07) is 13.5. The first-order chi connectivity index (χ1) is 17.9. The van der Waals surface area contributed by atoms with Crippen molar-refractivity contribution >= 4 is 46.2 Å². The molecule has 1 aromatic carbocycles. The molecule has 0 unspecified atom stereocenters. The lowest BCUT2D eigenvalue weighted by Crippen LogP contribution is -2.42. The Balaban J connectivity index is 1.43. The van der Waals surface area contributed by atoms with Gasteiger partial charge in [-0.2, -0.15) is 0 Å². The summed E-state index contributed by atoms with van der Waals surface area (Å²) in [4.78, 5) is 41.9. The molecule has 37 heavy (non-hydrogen) atoms. The van der Waals surface area contributed by atoms with Crippen LogP contribution in [0.3, 0.4) is 0 Å². The largest absolute Gasteiger partial charge is 0.480 e. The topological polar surface area (TPSA) is 123 Å². The molecule has 5 rings (SSSR count). The molecule has 0 aliphatic heterocycles. The van der Waals surface area contributed by atoms with E-state index in [1.807, 2.05) is 41.0 Å². The number of hydrogen-bond acceptors (Lipinski definition) is 6. The molecule has 184 valence electrons. The van der Waals surface area contributed by atoms with Gasteiger partial charge < -0.3 is 10.4 Å². The lowest BCUT2D eigenvalue weighted by Gasteiger charge is -2.16. The Morgan fingerprint density at radius 2 is 1.68 bits per heavy atom. The number of carbonyl (C=O) groups excluding carboxylic acids is 1. The number of rotatable bonds is 7. The normalized spacial score (nSPS) is 11.8. The zero-order valence-corrected chi connectivity index (χ0v) is 20.6. The fourth-order valence-electron chi connectivity index (χ4n) is 3.92. The van der Waals surface area contributed by atoms with Gasteiger partial charge in [-0.1, -0.05) is 35.3 Å². The Morgan fingerprint density at radius 1 is 0.946 bits per heavy atom. The van der Waals surface area contributed by atoms with Crippen molar-refractivity contribution in [2.45, 2.75) is 12.5 Å². The molecule has 0 saturated heterocycles. The highest BCUT2D eigenvalue weighted by molar-refractivity contribution is 6.39. The van der Waals surface area contributed by atoms with E-state index in [0.717, 1.165) is 16.8 Å². The van der Waals surface area contributed by atoms with Gasteiger partial charge in [-0.15, -0.1) is 0 Å². The van der Waals surface area contributed by atoms with Gasteiger partial charge in [0.05, 0.1) is 15.6 Å². The zero-order valence-electron chi connectivity index (χ0n) is 19.0. The van der Waals surface area contributed by atoms with Crippen molar-refractivity contribution in [2.75, 3.05) is 0 Å². The molecule has 2 N–H and O–H groups in total. The lowest BCUT2D eigenvalue weighted by atomic mass is 10.0. The van der Waals surface area contributed by atoms with E-state index in [0.29, 0.717) is 17.0 Å². The predicted octanol–water partition coefficient (Wildman–Crippen LogP) is 4.61. The van der Waals surface area contributed by atoms with Crippen molar-refractivity contribution in [2.24, 2.45) is 0 Å². The standard InChI is InChI=1S/C26H18Cl2N6O3/c27-18-13-30-14-19(28)22(18)25(35)33-21(26(36)37)11-15-5-7-17(8-6-15)34-23(16-3-1-9-29-12-16)32-20-4-2-10-31-24(20)34/h1-10,12-14,21H,11H2,(H,33,35)(H,36,37)/t21-/m0/s1. The summed E-state index contributed by atoms with van der Waals surface area (Å²) >= 11 is 12.1. The number of nitrogens with zero attached hydrogens (tertiary/aromatic N) is 5. The molecule has 9 nitrogen and oxygen atoms in total. The molecule has 0 aliphatic rings. The number of benzene rings is 1. The van der Waals surface area contributed by atoms with Crippen LogP contribution in [0.2, 0.25) is 10.0 Å². The number of carboxylic acids is 1. The minimum atomic E-state index is -1.21. The SMILES string of the molecule is O=C(N[C@@H](Cc1ccc(-n2c(-c3cccnc3)nc3cccnc32)cc1)C(=O)O)c1c(Cl)cncc1Cl. The van der Waals surface area contributed by atoms with Crippen LogP contribution < -0.4 is 5.32 Å². The van der Waals surface area contributed by atoms with Crippen molar-refractivity contribution in [1.82, 2.24) is 29.8 Å². The second-order valence-electron chi connectivity index (χ2n) is 8.07. The summed E-state index contributed by atoms with van der Waals surface area (Å²) in [5, 5.41) is 12.3. The number of amides is 1. The fourth-order valence-corrected chi connectivity index (χ4v) is 4.46. The molecule has 0 aliphatic carbocycles. The van der Waals surface area contributed by atoms with Crippen LogP contribution in [0.25, 0.3) is 28.2 Å². The number of aromatic nitrogens is 5. The third-order valence-electron chi connectivity index (χ3n) is 5.65. The minimum absolute atomic E-state index is 0.0256. The van der Waals surface area contributed by atoms with E-state index < -0.39 is 17.9 Å². The first-order valence-electron chi connectivity index (χ1n) is 11.1. The average Bonchev–Trinajstić information content (AvgIpc) is 3.29. The summed E-state index contributed by atoms with van der Waals surface area (Å²) in [5.74, 6) is -1.21. The first-order valence-corrected chi connectivity index (χ1v) is 11.8. The zero-order chi connectivity index (χ0) is 25.9. The Bertz CT molecular complexity index is 1590. The van der Waals surface area contributed by atoms with Crippen molar-refractivity contribution in [1.29, 1.82) is 0 Å². The van der Waals surface area contributed by atoms with Crippen molar-refractivity contribution in [3.8, 4) is 17.1 Å². The Labute approximate surface area is 220 Å². The van der Waals surface area contributed by atoms with Gasteiger partial charge >= 0.3 is 5.97 Å². The summed E-state index contributed by atoms with van der Waals surface area (Å²) in [5.41, 5.74) is 3.69. The van der Waals surface area contributed by atoms with Crippen LogP contribution in [0.15, 0.2) is 79.5 Å². The van der Waals surface area contributed by atoms with Crippen molar-refractivity contribution < 1.29 is 14.7 Å². The van der Waals surface area contributed by atoms with Crippen LogP contribution in [0, 0.1) is 0 Å². The number of hydrogen-bond donors (Lipinski definition) is 2. The maximum atomic E-state index is 12.7. The molecule has 1 amide bonds. The van der Waals surface area contributed by atoms with Gasteiger partial charge in [0.25, 0.3) is 5.91 Å². The van der Waals surface area contributed by atoms with Gasteiger partial charge in [-0.25, -0.2) is 14.8 Å². The Morgan fingerprint density at radius 3 is 2.35 bits per heavy atom. The molecule has 4 heterocycles. The number of aliphatic carboxylic acids is 1. The molecule has 0 bridgehead atoms. The molecule has 5 aromatic rings. The molecular formula is C26H18Cl2N6O3. The van der Waals surface area contributed by atoms with E-state index in [2.05, 4.69) is 20.3 Å². The highest BCUT2D eigenvalue weighted by atomic mass is 35.5. The van der Waals surface area contributed by atoms with Gasteiger partial charge in [0.2, 0.25) is 0 Å². The van der Waals surface area contributed by atoms with Crippen LogP contribution in [0.4, 0.5) is 0 Å². The number of carboxylic acid groups (broad SMARTS) is 1. The van der Waals surface area contributed by atoms with Gasteiger partial charge in [0, 0.05) is 48.7 Å². The Kier molecular flexibility index (Phi) is 6.80. The van der Waals surface area contributed by atoms with E-state index in [4.69, 9.17) is 28.2 Å². The summed E-state index contributed by atoms with van der Waals surface area (Å²) < 4.78 is 1.92.